The predicted molar refractivity (Wildman–Crippen MR) is 73.4 cm³/mol. The lowest BCUT2D eigenvalue weighted by Crippen LogP contribution is -1.91. The van der Waals surface area contributed by atoms with Crippen LogP contribution in [0.25, 0.3) is 0 Å². The van der Waals surface area contributed by atoms with Gasteiger partial charge in [-0.15, -0.1) is 0 Å². The first-order chi connectivity index (χ1) is 8.60. The van der Waals surface area contributed by atoms with Crippen molar-refractivity contribution in [1.29, 1.82) is 0 Å². The van der Waals surface area contributed by atoms with Crippen LogP contribution in [-0.4, -0.2) is 6.29 Å². The summed E-state index contributed by atoms with van der Waals surface area (Å²) in [6, 6.07) is 9.61. The van der Waals surface area contributed by atoms with Gasteiger partial charge in [0.1, 0.15) is 11.5 Å². The van der Waals surface area contributed by atoms with Gasteiger partial charge in [0, 0.05) is 10.0 Å². The van der Waals surface area contributed by atoms with Crippen molar-refractivity contribution in [3.63, 3.8) is 0 Å². The highest BCUT2D eigenvalue weighted by atomic mass is 35.5. The van der Waals surface area contributed by atoms with Crippen LogP contribution in [0.4, 0.5) is 0 Å². The summed E-state index contributed by atoms with van der Waals surface area (Å²) in [5.74, 6) is 0.810. The third-order valence-corrected chi connectivity index (χ3v) is 2.98. The second kappa shape index (κ2) is 5.61. The molecule has 0 bridgehead atoms. The average Bonchev–Trinajstić information content (AvgIpc) is 2.34. The summed E-state index contributed by atoms with van der Waals surface area (Å²) in [5, 5.41) is 1.35. The Morgan fingerprint density at radius 1 is 0.889 bits per heavy atom. The van der Waals surface area contributed by atoms with Gasteiger partial charge in [-0.25, -0.2) is 0 Å². The van der Waals surface area contributed by atoms with Crippen molar-refractivity contribution in [2.75, 3.05) is 0 Å². The Kier molecular flexibility index (Phi) is 4.12. The highest BCUT2D eigenvalue weighted by Gasteiger charge is 2.08. The highest BCUT2D eigenvalue weighted by molar-refractivity contribution is 6.35. The van der Waals surface area contributed by atoms with E-state index >= 15 is 0 Å². The van der Waals surface area contributed by atoms with E-state index in [2.05, 4.69) is 0 Å². The van der Waals surface area contributed by atoms with E-state index in [1.165, 1.54) is 6.07 Å². The number of hydrogen-bond donors (Lipinski definition) is 0. The molecule has 92 valence electrons. The van der Waals surface area contributed by atoms with Crippen molar-refractivity contribution in [1.82, 2.24) is 0 Å². The number of benzene rings is 2. The molecule has 0 aliphatic carbocycles. The summed E-state index contributed by atoms with van der Waals surface area (Å²) in [5.41, 5.74) is 0.355. The first-order valence-corrected chi connectivity index (χ1v) is 6.11. The maximum absolute atomic E-state index is 10.9. The van der Waals surface area contributed by atoms with Crippen LogP contribution >= 0.6 is 34.8 Å². The quantitative estimate of drug-likeness (QED) is 0.724. The molecule has 2 rings (SSSR count). The van der Waals surface area contributed by atoms with Crippen LogP contribution in [-0.2, 0) is 0 Å². The standard InChI is InChI=1S/C13H7Cl3O2/c14-9-1-3-12(8(5-9)7-17)18-13-4-2-10(15)6-11(13)16/h1-7H. The first kappa shape index (κ1) is 13.2. The zero-order chi connectivity index (χ0) is 13.1. The normalized spacial score (nSPS) is 10.2. The Bertz CT molecular complexity index is 597. The number of carbonyl (C=O) groups is 1. The van der Waals surface area contributed by atoms with Gasteiger partial charge in [-0.3, -0.25) is 4.79 Å². The average molecular weight is 302 g/mol. The minimum atomic E-state index is 0.355. The summed E-state index contributed by atoms with van der Waals surface area (Å²) in [7, 11) is 0. The molecule has 0 saturated carbocycles. The number of halogens is 3. The van der Waals surface area contributed by atoms with Crippen LogP contribution in [0.3, 0.4) is 0 Å². The van der Waals surface area contributed by atoms with Crippen molar-refractivity contribution in [2.45, 2.75) is 0 Å². The van der Waals surface area contributed by atoms with Gasteiger partial charge in [0.15, 0.2) is 6.29 Å². The SMILES string of the molecule is O=Cc1cc(Cl)ccc1Oc1ccc(Cl)cc1Cl. The van der Waals surface area contributed by atoms with Crippen molar-refractivity contribution >= 4 is 41.1 Å². The van der Waals surface area contributed by atoms with E-state index in [1.807, 2.05) is 0 Å². The Morgan fingerprint density at radius 3 is 2.11 bits per heavy atom. The van der Waals surface area contributed by atoms with Crippen molar-refractivity contribution in [3.8, 4) is 11.5 Å². The van der Waals surface area contributed by atoms with Gasteiger partial charge < -0.3 is 4.74 Å². The Labute approximate surface area is 119 Å². The minimum Gasteiger partial charge on any atom is -0.455 e. The largest absolute Gasteiger partial charge is 0.455 e. The molecule has 0 radical (unpaired) electrons. The molecule has 2 aromatic carbocycles. The number of ether oxygens (including phenoxy) is 1. The van der Waals surface area contributed by atoms with Gasteiger partial charge in [0.05, 0.1) is 10.6 Å². The second-order valence-electron chi connectivity index (χ2n) is 3.48. The van der Waals surface area contributed by atoms with E-state index in [0.29, 0.717) is 38.4 Å². The van der Waals surface area contributed by atoms with Crippen molar-refractivity contribution in [3.05, 3.63) is 57.0 Å². The van der Waals surface area contributed by atoms with Crippen LogP contribution < -0.4 is 4.74 Å². The Hall–Kier alpha value is -1.22. The zero-order valence-corrected chi connectivity index (χ0v) is 11.3. The molecule has 2 aromatic rings. The van der Waals surface area contributed by atoms with Gasteiger partial charge in [0.25, 0.3) is 0 Å². The number of carbonyl (C=O) groups excluding carboxylic acids is 1. The molecule has 0 unspecified atom stereocenters. The summed E-state index contributed by atoms with van der Waals surface area (Å²) in [6.45, 7) is 0. The third kappa shape index (κ3) is 2.96. The molecular weight excluding hydrogens is 294 g/mol. The summed E-state index contributed by atoms with van der Waals surface area (Å²) < 4.78 is 5.56. The third-order valence-electron chi connectivity index (χ3n) is 2.21. The van der Waals surface area contributed by atoms with Gasteiger partial charge in [0.2, 0.25) is 0 Å². The van der Waals surface area contributed by atoms with Gasteiger partial charge in [-0.2, -0.15) is 0 Å². The van der Waals surface area contributed by atoms with Crippen LogP contribution in [0.5, 0.6) is 11.5 Å². The molecule has 0 spiro atoms. The summed E-state index contributed by atoms with van der Waals surface area (Å²) in [4.78, 5) is 10.9. The molecule has 0 fully saturated rings. The molecule has 0 aliphatic heterocycles. The molecule has 0 atom stereocenters. The van der Waals surface area contributed by atoms with E-state index in [1.54, 1.807) is 30.3 Å². The minimum absolute atomic E-state index is 0.355. The number of aldehydes is 1. The monoisotopic (exact) mass is 300 g/mol. The zero-order valence-electron chi connectivity index (χ0n) is 8.99. The van der Waals surface area contributed by atoms with Gasteiger partial charge in [-0.05, 0) is 36.4 Å². The summed E-state index contributed by atoms with van der Waals surface area (Å²) in [6.07, 6.45) is 0.672. The maximum Gasteiger partial charge on any atom is 0.153 e. The molecule has 0 amide bonds. The lowest BCUT2D eigenvalue weighted by atomic mass is 10.2. The van der Waals surface area contributed by atoms with E-state index in [0.717, 1.165) is 0 Å². The molecule has 5 heteroatoms. The Morgan fingerprint density at radius 2 is 1.50 bits per heavy atom. The van der Waals surface area contributed by atoms with Crippen molar-refractivity contribution < 1.29 is 9.53 Å². The van der Waals surface area contributed by atoms with Gasteiger partial charge in [-0.1, -0.05) is 34.8 Å². The predicted octanol–water partition coefficient (Wildman–Crippen LogP) is 5.25. The van der Waals surface area contributed by atoms with Crippen molar-refractivity contribution in [2.24, 2.45) is 0 Å². The second-order valence-corrected chi connectivity index (χ2v) is 4.76. The molecule has 0 N–H and O–H groups in total. The fourth-order valence-corrected chi connectivity index (χ4v) is 2.01. The molecule has 0 saturated heterocycles. The van der Waals surface area contributed by atoms with Gasteiger partial charge >= 0.3 is 0 Å². The molecule has 0 aromatic heterocycles. The van der Waals surface area contributed by atoms with Crippen LogP contribution in [0.1, 0.15) is 10.4 Å². The highest BCUT2D eigenvalue weighted by Crippen LogP contribution is 2.33. The van der Waals surface area contributed by atoms with Crippen LogP contribution in [0.2, 0.25) is 15.1 Å². The lowest BCUT2D eigenvalue weighted by Gasteiger charge is -2.09. The molecule has 0 heterocycles. The topological polar surface area (TPSA) is 26.3 Å². The number of hydrogen-bond acceptors (Lipinski definition) is 2. The fraction of sp³-hybridized carbons (Fsp3) is 0. The molecular formula is C13H7Cl3O2. The van der Waals surface area contributed by atoms with E-state index < -0.39 is 0 Å². The van der Waals surface area contributed by atoms with E-state index in [4.69, 9.17) is 39.5 Å². The number of rotatable bonds is 3. The lowest BCUT2D eigenvalue weighted by molar-refractivity contribution is 0.112. The molecule has 18 heavy (non-hydrogen) atoms. The first-order valence-electron chi connectivity index (χ1n) is 4.98. The molecule has 2 nitrogen and oxygen atoms in total. The summed E-state index contributed by atoms with van der Waals surface area (Å²) >= 11 is 17.6. The maximum atomic E-state index is 10.9. The van der Waals surface area contributed by atoms with Crippen LogP contribution in [0.15, 0.2) is 36.4 Å². The smallest absolute Gasteiger partial charge is 0.153 e. The van der Waals surface area contributed by atoms with Crippen LogP contribution in [0, 0.1) is 0 Å². The van der Waals surface area contributed by atoms with E-state index in [9.17, 15) is 4.79 Å². The van der Waals surface area contributed by atoms with E-state index in [-0.39, 0.29) is 0 Å². The fourth-order valence-electron chi connectivity index (χ4n) is 1.38. The Balaban J connectivity index is 2.36. The molecule has 0 aliphatic rings.